The molecule has 0 aliphatic carbocycles. The van der Waals surface area contributed by atoms with Gasteiger partial charge in [-0.2, -0.15) is 5.10 Å². The van der Waals surface area contributed by atoms with Crippen LogP contribution in [0.15, 0.2) is 54.7 Å². The summed E-state index contributed by atoms with van der Waals surface area (Å²) >= 11 is 0. The first kappa shape index (κ1) is 16.3. The molecule has 0 radical (unpaired) electrons. The van der Waals surface area contributed by atoms with Gasteiger partial charge in [0, 0.05) is 18.2 Å². The molecule has 1 amide bonds. The highest BCUT2D eigenvalue weighted by molar-refractivity contribution is 5.79. The maximum Gasteiger partial charge on any atom is 0.229 e. The standard InChI is InChI=1S/C20H20N4O2/c1-2-26-19-10-6-7-16(22-19)11-20(25)23-13-15-12-21-24(18(15)14-23)17-8-4-3-5-9-17/h3-10,12H,2,11,13-14H2,1H3. The Hall–Kier alpha value is -3.15. The molecule has 0 saturated heterocycles. The molecule has 3 aromatic rings. The second-order valence-corrected chi connectivity index (χ2v) is 6.19. The topological polar surface area (TPSA) is 60.2 Å². The summed E-state index contributed by atoms with van der Waals surface area (Å²) in [5.41, 5.74) is 3.90. The fourth-order valence-electron chi connectivity index (χ4n) is 3.17. The minimum atomic E-state index is 0.0574. The monoisotopic (exact) mass is 348 g/mol. The van der Waals surface area contributed by atoms with Crippen LogP contribution in [0.4, 0.5) is 0 Å². The lowest BCUT2D eigenvalue weighted by molar-refractivity contribution is -0.131. The van der Waals surface area contributed by atoms with Crippen LogP contribution >= 0.6 is 0 Å². The Balaban J connectivity index is 1.47. The van der Waals surface area contributed by atoms with Crippen molar-refractivity contribution in [3.05, 3.63) is 71.7 Å². The smallest absolute Gasteiger partial charge is 0.229 e. The van der Waals surface area contributed by atoms with Gasteiger partial charge in [-0.05, 0) is 25.1 Å². The summed E-state index contributed by atoms with van der Waals surface area (Å²) < 4.78 is 7.32. The van der Waals surface area contributed by atoms with Gasteiger partial charge in [0.1, 0.15) is 0 Å². The van der Waals surface area contributed by atoms with Crippen molar-refractivity contribution in [1.82, 2.24) is 19.7 Å². The number of ether oxygens (including phenoxy) is 1. The summed E-state index contributed by atoms with van der Waals surface area (Å²) in [4.78, 5) is 19.0. The van der Waals surface area contributed by atoms with Crippen LogP contribution in [0, 0.1) is 0 Å². The number of benzene rings is 1. The van der Waals surface area contributed by atoms with Crippen LogP contribution in [0.3, 0.4) is 0 Å². The molecule has 1 aromatic carbocycles. The Morgan fingerprint density at radius 3 is 2.77 bits per heavy atom. The minimum Gasteiger partial charge on any atom is -0.478 e. The number of rotatable bonds is 5. The Bertz CT molecular complexity index is 921. The fourth-order valence-corrected chi connectivity index (χ4v) is 3.17. The molecule has 0 atom stereocenters. The Kier molecular flexibility index (Phi) is 4.39. The lowest BCUT2D eigenvalue weighted by Gasteiger charge is -2.16. The first-order valence-corrected chi connectivity index (χ1v) is 8.72. The van der Waals surface area contributed by atoms with Gasteiger partial charge < -0.3 is 9.64 Å². The predicted octanol–water partition coefficient (Wildman–Crippen LogP) is 2.75. The predicted molar refractivity (Wildman–Crippen MR) is 96.9 cm³/mol. The van der Waals surface area contributed by atoms with E-state index in [2.05, 4.69) is 10.1 Å². The molecule has 6 nitrogen and oxygen atoms in total. The zero-order valence-electron chi connectivity index (χ0n) is 14.6. The lowest BCUT2D eigenvalue weighted by Crippen LogP contribution is -2.28. The normalized spacial score (nSPS) is 12.9. The molecule has 0 unspecified atom stereocenters. The second-order valence-electron chi connectivity index (χ2n) is 6.19. The number of hydrogen-bond acceptors (Lipinski definition) is 4. The van der Waals surface area contributed by atoms with Gasteiger partial charge in [0.05, 0.1) is 42.8 Å². The van der Waals surface area contributed by atoms with E-state index in [9.17, 15) is 4.79 Å². The summed E-state index contributed by atoms with van der Waals surface area (Å²) in [6.07, 6.45) is 2.12. The molecule has 0 fully saturated rings. The molecular formula is C20H20N4O2. The SMILES string of the molecule is CCOc1cccc(CC(=O)N2Cc3cnn(-c4ccccc4)c3C2)n1. The summed E-state index contributed by atoms with van der Waals surface area (Å²) in [5.74, 6) is 0.615. The lowest BCUT2D eigenvalue weighted by atomic mass is 10.2. The van der Waals surface area contributed by atoms with Crippen LogP contribution < -0.4 is 4.74 Å². The number of hydrogen-bond donors (Lipinski definition) is 0. The van der Waals surface area contributed by atoms with Crippen LogP contribution in [-0.2, 0) is 24.3 Å². The number of amides is 1. The van der Waals surface area contributed by atoms with Gasteiger partial charge in [0.25, 0.3) is 0 Å². The Labute approximate surface area is 152 Å². The highest BCUT2D eigenvalue weighted by atomic mass is 16.5. The van der Waals surface area contributed by atoms with Crippen molar-refractivity contribution in [3.63, 3.8) is 0 Å². The number of fused-ring (bicyclic) bond motifs is 1. The molecule has 6 heteroatoms. The number of carbonyl (C=O) groups excluding carboxylic acids is 1. The van der Waals surface area contributed by atoms with E-state index in [-0.39, 0.29) is 12.3 Å². The molecule has 132 valence electrons. The van der Waals surface area contributed by atoms with Gasteiger partial charge in [0.2, 0.25) is 11.8 Å². The van der Waals surface area contributed by atoms with Crippen molar-refractivity contribution in [1.29, 1.82) is 0 Å². The first-order chi connectivity index (χ1) is 12.7. The summed E-state index contributed by atoms with van der Waals surface area (Å²) in [7, 11) is 0. The van der Waals surface area contributed by atoms with Crippen molar-refractivity contribution in [2.75, 3.05) is 6.61 Å². The van der Waals surface area contributed by atoms with E-state index in [1.165, 1.54) is 0 Å². The van der Waals surface area contributed by atoms with E-state index >= 15 is 0 Å². The van der Waals surface area contributed by atoms with E-state index in [1.54, 1.807) is 6.07 Å². The minimum absolute atomic E-state index is 0.0574. The Morgan fingerprint density at radius 1 is 1.12 bits per heavy atom. The molecule has 1 aliphatic rings. The third kappa shape index (κ3) is 3.18. The fraction of sp³-hybridized carbons (Fsp3) is 0.250. The van der Waals surface area contributed by atoms with Crippen molar-refractivity contribution >= 4 is 5.91 Å². The van der Waals surface area contributed by atoms with Crippen LogP contribution in [-0.4, -0.2) is 32.2 Å². The highest BCUT2D eigenvalue weighted by Crippen LogP contribution is 2.25. The average Bonchev–Trinajstić information content (AvgIpc) is 3.24. The van der Waals surface area contributed by atoms with Gasteiger partial charge in [-0.25, -0.2) is 9.67 Å². The third-order valence-corrected chi connectivity index (χ3v) is 4.42. The van der Waals surface area contributed by atoms with Crippen LogP contribution in [0.1, 0.15) is 23.9 Å². The Morgan fingerprint density at radius 2 is 1.96 bits per heavy atom. The van der Waals surface area contributed by atoms with Crippen LogP contribution in [0.5, 0.6) is 5.88 Å². The van der Waals surface area contributed by atoms with Gasteiger partial charge in [-0.3, -0.25) is 4.79 Å². The number of nitrogens with zero attached hydrogens (tertiary/aromatic N) is 4. The van der Waals surface area contributed by atoms with Crippen molar-refractivity contribution in [2.45, 2.75) is 26.4 Å². The number of pyridine rings is 1. The van der Waals surface area contributed by atoms with E-state index in [4.69, 9.17) is 4.74 Å². The summed E-state index contributed by atoms with van der Waals surface area (Å²) in [5, 5.41) is 4.47. The highest BCUT2D eigenvalue weighted by Gasteiger charge is 2.27. The molecule has 2 aromatic heterocycles. The van der Waals surface area contributed by atoms with Crippen molar-refractivity contribution in [2.24, 2.45) is 0 Å². The maximum atomic E-state index is 12.7. The summed E-state index contributed by atoms with van der Waals surface area (Å²) in [6, 6.07) is 15.5. The first-order valence-electron chi connectivity index (χ1n) is 8.72. The van der Waals surface area contributed by atoms with Crippen molar-refractivity contribution < 1.29 is 9.53 Å². The molecule has 1 aliphatic heterocycles. The second kappa shape index (κ2) is 7.00. The van der Waals surface area contributed by atoms with E-state index in [1.807, 2.05) is 65.2 Å². The zero-order chi connectivity index (χ0) is 17.9. The molecule has 3 heterocycles. The van der Waals surface area contributed by atoms with Gasteiger partial charge in [-0.1, -0.05) is 24.3 Å². The zero-order valence-corrected chi connectivity index (χ0v) is 14.6. The van der Waals surface area contributed by atoms with Gasteiger partial charge in [0.15, 0.2) is 0 Å². The van der Waals surface area contributed by atoms with Crippen LogP contribution in [0.2, 0.25) is 0 Å². The van der Waals surface area contributed by atoms with Gasteiger partial charge >= 0.3 is 0 Å². The number of aromatic nitrogens is 3. The van der Waals surface area contributed by atoms with Crippen LogP contribution in [0.25, 0.3) is 5.69 Å². The van der Waals surface area contributed by atoms with Crippen molar-refractivity contribution in [3.8, 4) is 11.6 Å². The molecule has 0 spiro atoms. The molecule has 0 saturated carbocycles. The third-order valence-electron chi connectivity index (χ3n) is 4.42. The van der Waals surface area contributed by atoms with Gasteiger partial charge in [-0.15, -0.1) is 0 Å². The molecule has 26 heavy (non-hydrogen) atoms. The average molecular weight is 348 g/mol. The number of para-hydroxylation sites is 1. The maximum absolute atomic E-state index is 12.7. The van der Waals surface area contributed by atoms with E-state index < -0.39 is 0 Å². The molecular weight excluding hydrogens is 328 g/mol. The molecule has 4 rings (SSSR count). The molecule has 0 bridgehead atoms. The largest absolute Gasteiger partial charge is 0.478 e. The van der Waals surface area contributed by atoms with E-state index in [0.29, 0.717) is 25.6 Å². The molecule has 0 N–H and O–H groups in total. The van der Waals surface area contributed by atoms with E-state index in [0.717, 1.165) is 22.6 Å². The quantitative estimate of drug-likeness (QED) is 0.711. The number of carbonyl (C=O) groups is 1. The summed E-state index contributed by atoms with van der Waals surface area (Å²) in [6.45, 7) is 3.62.